The Hall–Kier alpha value is -1.16. The van der Waals surface area contributed by atoms with Gasteiger partial charge < -0.3 is 5.32 Å². The number of halogens is 2. The second-order valence-electron chi connectivity index (χ2n) is 4.46. The van der Waals surface area contributed by atoms with E-state index in [1.54, 1.807) is 12.1 Å². The number of allylic oxidation sites excluding steroid dienone is 1. The normalized spacial score (nSPS) is 15.1. The monoisotopic (exact) mass is 311 g/mol. The largest absolute Gasteiger partial charge is 0.326 e. The molecular weight excluding hydrogens is 297 g/mol. The summed E-state index contributed by atoms with van der Waals surface area (Å²) in [7, 11) is 0. The molecule has 18 heavy (non-hydrogen) atoms. The third-order valence-electron chi connectivity index (χ3n) is 2.98. The fraction of sp³-hybridized carbons (Fsp3) is 0.357. The second kappa shape index (κ2) is 6.14. The number of benzene rings is 1. The molecule has 1 aromatic carbocycles. The van der Waals surface area contributed by atoms with Crippen molar-refractivity contribution in [1.82, 2.24) is 0 Å². The molecule has 0 fully saturated rings. The van der Waals surface area contributed by atoms with Crippen molar-refractivity contribution in [2.45, 2.75) is 32.1 Å². The van der Waals surface area contributed by atoms with Crippen LogP contribution in [0, 0.1) is 5.82 Å². The number of nitrogens with one attached hydrogen (secondary N) is 1. The quantitative estimate of drug-likeness (QED) is 0.823. The summed E-state index contributed by atoms with van der Waals surface area (Å²) in [6.07, 6.45) is 7.07. The van der Waals surface area contributed by atoms with Crippen LogP contribution in [0.2, 0.25) is 0 Å². The molecule has 0 radical (unpaired) electrons. The Morgan fingerprint density at radius 1 is 1.39 bits per heavy atom. The maximum Gasteiger partial charge on any atom is 0.228 e. The van der Waals surface area contributed by atoms with Gasteiger partial charge in [-0.15, -0.1) is 0 Å². The summed E-state index contributed by atoms with van der Waals surface area (Å²) in [5, 5.41) is 2.78. The van der Waals surface area contributed by atoms with Crippen molar-refractivity contribution in [3.63, 3.8) is 0 Å². The van der Waals surface area contributed by atoms with Crippen molar-refractivity contribution >= 4 is 27.5 Å². The van der Waals surface area contributed by atoms with E-state index in [2.05, 4.69) is 27.3 Å². The Labute approximate surface area is 114 Å². The fourth-order valence-electron chi connectivity index (χ4n) is 2.05. The maximum atomic E-state index is 13.0. The molecule has 0 heterocycles. The van der Waals surface area contributed by atoms with Gasteiger partial charge in [0.1, 0.15) is 5.82 Å². The summed E-state index contributed by atoms with van der Waals surface area (Å²) in [4.78, 5) is 11.8. The van der Waals surface area contributed by atoms with Gasteiger partial charge in [-0.1, -0.05) is 11.6 Å². The van der Waals surface area contributed by atoms with Gasteiger partial charge in [0.25, 0.3) is 0 Å². The van der Waals surface area contributed by atoms with Crippen LogP contribution in [0.4, 0.5) is 10.1 Å². The number of anilines is 1. The second-order valence-corrected chi connectivity index (χ2v) is 5.32. The molecule has 1 aromatic rings. The van der Waals surface area contributed by atoms with Gasteiger partial charge in [-0.25, -0.2) is 4.39 Å². The van der Waals surface area contributed by atoms with Gasteiger partial charge in [-0.3, -0.25) is 4.79 Å². The van der Waals surface area contributed by atoms with Crippen LogP contribution in [0.15, 0.2) is 34.3 Å². The van der Waals surface area contributed by atoms with Crippen LogP contribution in [0.25, 0.3) is 0 Å². The van der Waals surface area contributed by atoms with Crippen molar-refractivity contribution in [2.75, 3.05) is 5.32 Å². The molecule has 1 aliphatic rings. The highest BCUT2D eigenvalue weighted by atomic mass is 79.9. The molecule has 96 valence electrons. The van der Waals surface area contributed by atoms with Gasteiger partial charge in [0.05, 0.1) is 4.47 Å². The predicted octanol–water partition coefficient (Wildman–Crippen LogP) is 4.42. The lowest BCUT2D eigenvalue weighted by Gasteiger charge is -2.12. The molecule has 1 amide bonds. The Kier molecular flexibility index (Phi) is 4.53. The third-order valence-corrected chi connectivity index (χ3v) is 3.58. The molecule has 0 aromatic heterocycles. The van der Waals surface area contributed by atoms with Crippen LogP contribution in [-0.4, -0.2) is 5.91 Å². The van der Waals surface area contributed by atoms with Crippen LogP contribution in [0.5, 0.6) is 0 Å². The Balaban J connectivity index is 1.94. The number of hydrogen-bond donors (Lipinski definition) is 1. The van der Waals surface area contributed by atoms with Crippen molar-refractivity contribution in [1.29, 1.82) is 0 Å². The number of amides is 1. The van der Waals surface area contributed by atoms with E-state index in [4.69, 9.17) is 0 Å². The summed E-state index contributed by atoms with van der Waals surface area (Å²) in [5.74, 6) is -0.371. The van der Waals surface area contributed by atoms with Crippen molar-refractivity contribution in [2.24, 2.45) is 0 Å². The third kappa shape index (κ3) is 3.67. The molecule has 0 spiro atoms. The summed E-state index contributed by atoms with van der Waals surface area (Å²) in [6.45, 7) is 0. The van der Waals surface area contributed by atoms with Gasteiger partial charge >= 0.3 is 0 Å². The number of hydrogen-bond acceptors (Lipinski definition) is 1. The molecule has 1 N–H and O–H groups in total. The molecule has 4 heteroatoms. The fourth-order valence-corrected chi connectivity index (χ4v) is 2.43. The van der Waals surface area contributed by atoms with Crippen molar-refractivity contribution < 1.29 is 9.18 Å². The first-order valence-corrected chi connectivity index (χ1v) is 6.87. The zero-order valence-electron chi connectivity index (χ0n) is 10.0. The first kappa shape index (κ1) is 13.3. The lowest BCUT2D eigenvalue weighted by atomic mass is 9.97. The number of carbonyl (C=O) groups excluding carboxylic acids is 1. The summed E-state index contributed by atoms with van der Waals surface area (Å²) in [5.41, 5.74) is 1.82. The minimum absolute atomic E-state index is 0.0401. The van der Waals surface area contributed by atoms with E-state index in [1.807, 2.05) is 0 Å². The van der Waals surface area contributed by atoms with Crippen molar-refractivity contribution in [3.8, 4) is 0 Å². The van der Waals surface area contributed by atoms with E-state index in [0.29, 0.717) is 16.6 Å². The standard InChI is InChI=1S/C14H15BrFNO/c15-12-9-11(6-7-13(12)16)17-14(18)8-10-4-2-1-3-5-10/h4,6-7,9H,1-3,5,8H2,(H,17,18). The molecule has 0 saturated heterocycles. The van der Waals surface area contributed by atoms with E-state index in [9.17, 15) is 9.18 Å². The maximum absolute atomic E-state index is 13.0. The molecule has 0 saturated carbocycles. The topological polar surface area (TPSA) is 29.1 Å². The molecule has 0 atom stereocenters. The van der Waals surface area contributed by atoms with Crippen LogP contribution < -0.4 is 5.32 Å². The van der Waals surface area contributed by atoms with Gasteiger partial charge in [0, 0.05) is 12.1 Å². The molecule has 2 nitrogen and oxygen atoms in total. The Morgan fingerprint density at radius 3 is 2.89 bits per heavy atom. The van der Waals surface area contributed by atoms with E-state index in [1.165, 1.54) is 24.5 Å². The van der Waals surface area contributed by atoms with E-state index >= 15 is 0 Å². The first-order chi connectivity index (χ1) is 8.65. The van der Waals surface area contributed by atoms with Gasteiger partial charge in [-0.05, 0) is 59.8 Å². The van der Waals surface area contributed by atoms with Crippen molar-refractivity contribution in [3.05, 3.63) is 40.1 Å². The van der Waals surface area contributed by atoms with E-state index in [0.717, 1.165) is 12.8 Å². The van der Waals surface area contributed by atoms with Gasteiger partial charge in [0.2, 0.25) is 5.91 Å². The van der Waals surface area contributed by atoms with Crippen LogP contribution in [-0.2, 0) is 4.79 Å². The van der Waals surface area contributed by atoms with Crippen LogP contribution in [0.1, 0.15) is 32.1 Å². The average molecular weight is 312 g/mol. The minimum atomic E-state index is -0.331. The van der Waals surface area contributed by atoms with Gasteiger partial charge in [-0.2, -0.15) is 0 Å². The highest BCUT2D eigenvalue weighted by molar-refractivity contribution is 9.10. The smallest absolute Gasteiger partial charge is 0.228 e. The Bertz CT molecular complexity index is 485. The average Bonchev–Trinajstić information content (AvgIpc) is 2.35. The SMILES string of the molecule is O=C(CC1=CCCCC1)Nc1ccc(F)c(Br)c1. The molecule has 0 aliphatic heterocycles. The molecule has 0 unspecified atom stereocenters. The zero-order chi connectivity index (χ0) is 13.0. The lowest BCUT2D eigenvalue weighted by molar-refractivity contribution is -0.115. The van der Waals surface area contributed by atoms with Gasteiger partial charge in [0.15, 0.2) is 0 Å². The molecular formula is C14H15BrFNO. The minimum Gasteiger partial charge on any atom is -0.326 e. The number of carbonyl (C=O) groups is 1. The summed E-state index contributed by atoms with van der Waals surface area (Å²) < 4.78 is 13.4. The highest BCUT2D eigenvalue weighted by Gasteiger charge is 2.10. The molecule has 0 bridgehead atoms. The highest BCUT2D eigenvalue weighted by Crippen LogP contribution is 2.22. The lowest BCUT2D eigenvalue weighted by Crippen LogP contribution is -2.13. The molecule has 2 rings (SSSR count). The van der Waals surface area contributed by atoms with Crippen LogP contribution >= 0.6 is 15.9 Å². The first-order valence-electron chi connectivity index (χ1n) is 6.08. The zero-order valence-corrected chi connectivity index (χ0v) is 11.6. The predicted molar refractivity (Wildman–Crippen MR) is 73.9 cm³/mol. The summed E-state index contributed by atoms with van der Waals surface area (Å²) >= 11 is 3.10. The summed E-state index contributed by atoms with van der Waals surface area (Å²) in [6, 6.07) is 4.47. The van der Waals surface area contributed by atoms with E-state index < -0.39 is 0 Å². The van der Waals surface area contributed by atoms with E-state index in [-0.39, 0.29) is 11.7 Å². The van der Waals surface area contributed by atoms with Crippen LogP contribution in [0.3, 0.4) is 0 Å². The number of rotatable bonds is 3. The Morgan fingerprint density at radius 2 is 2.22 bits per heavy atom. The molecule has 1 aliphatic carbocycles.